The maximum atomic E-state index is 11.8. The van der Waals surface area contributed by atoms with Crippen LogP contribution >= 0.6 is 0 Å². The van der Waals surface area contributed by atoms with Crippen molar-refractivity contribution >= 4 is 12.0 Å². The van der Waals surface area contributed by atoms with Gasteiger partial charge in [0.1, 0.15) is 5.76 Å². The summed E-state index contributed by atoms with van der Waals surface area (Å²) in [6, 6.07) is 1.76. The number of hydrogen-bond donors (Lipinski definition) is 3. The molecular weight excluding hydrogens is 269 g/mol. The number of urea groups is 1. The number of hydrogen-bond acceptors (Lipinski definition) is 3. The molecule has 1 heterocycles. The second-order valence-electron chi connectivity index (χ2n) is 3.55. The van der Waals surface area contributed by atoms with Crippen LogP contribution in [0, 0.1) is 0 Å². The number of nitrogens with one attached hydrogen (secondary N) is 2. The van der Waals surface area contributed by atoms with Crippen LogP contribution in [-0.4, -0.2) is 29.8 Å². The lowest BCUT2D eigenvalue weighted by molar-refractivity contribution is -0.132. The van der Waals surface area contributed by atoms with Crippen molar-refractivity contribution in [2.45, 2.75) is 19.1 Å². The van der Waals surface area contributed by atoms with Gasteiger partial charge < -0.3 is 20.2 Å². The number of alkyl halides is 3. The monoisotopic (exact) mass is 280 g/mol. The summed E-state index contributed by atoms with van der Waals surface area (Å²) in [4.78, 5) is 21.6. The minimum atomic E-state index is -4.33. The van der Waals surface area contributed by atoms with Gasteiger partial charge >= 0.3 is 18.2 Å². The minimum absolute atomic E-state index is 0.120. The van der Waals surface area contributed by atoms with Crippen LogP contribution in [0.15, 0.2) is 16.5 Å². The highest BCUT2D eigenvalue weighted by Crippen LogP contribution is 2.18. The van der Waals surface area contributed by atoms with Crippen LogP contribution in [-0.2, 0) is 6.54 Å². The topological polar surface area (TPSA) is 91.6 Å². The van der Waals surface area contributed by atoms with Gasteiger partial charge in [-0.25, -0.2) is 9.59 Å². The molecule has 2 amide bonds. The van der Waals surface area contributed by atoms with Gasteiger partial charge in [0, 0.05) is 6.54 Å². The lowest BCUT2D eigenvalue weighted by atomic mass is 10.4. The highest BCUT2D eigenvalue weighted by Gasteiger charge is 2.26. The van der Waals surface area contributed by atoms with Crippen LogP contribution in [0.4, 0.5) is 18.0 Å². The number of carbonyl (C=O) groups excluding carboxylic acids is 1. The molecule has 0 fully saturated rings. The third-order valence-electron chi connectivity index (χ3n) is 1.99. The number of carboxylic acids is 1. The van der Waals surface area contributed by atoms with Crippen molar-refractivity contribution in [1.29, 1.82) is 0 Å². The number of amides is 2. The first-order valence-electron chi connectivity index (χ1n) is 5.18. The van der Waals surface area contributed by atoms with Gasteiger partial charge in [0.05, 0.1) is 13.0 Å². The molecule has 1 aromatic heterocycles. The third-order valence-corrected chi connectivity index (χ3v) is 1.99. The van der Waals surface area contributed by atoms with Crippen molar-refractivity contribution in [1.82, 2.24) is 10.6 Å². The van der Waals surface area contributed by atoms with Gasteiger partial charge in [-0.1, -0.05) is 0 Å². The van der Waals surface area contributed by atoms with E-state index in [4.69, 9.17) is 9.52 Å². The Morgan fingerprint density at radius 1 is 1.26 bits per heavy atom. The molecule has 9 heteroatoms. The van der Waals surface area contributed by atoms with Crippen molar-refractivity contribution in [3.63, 3.8) is 0 Å². The Morgan fingerprint density at radius 2 is 1.95 bits per heavy atom. The third kappa shape index (κ3) is 5.80. The lowest BCUT2D eigenvalue weighted by Gasteiger charge is -2.08. The van der Waals surface area contributed by atoms with E-state index in [0.717, 1.165) is 0 Å². The predicted octanol–water partition coefficient (Wildman–Crippen LogP) is 1.73. The number of halogens is 3. The SMILES string of the molecule is O=C(NCCC(F)(F)F)NCc1ccc(C(=O)O)o1. The van der Waals surface area contributed by atoms with E-state index in [9.17, 15) is 22.8 Å². The first kappa shape index (κ1) is 14.9. The van der Waals surface area contributed by atoms with Crippen molar-refractivity contribution in [3.05, 3.63) is 23.7 Å². The Bertz CT molecular complexity index is 456. The van der Waals surface area contributed by atoms with Crippen molar-refractivity contribution in [2.24, 2.45) is 0 Å². The van der Waals surface area contributed by atoms with Gasteiger partial charge in [-0.15, -0.1) is 0 Å². The molecule has 0 bridgehead atoms. The van der Waals surface area contributed by atoms with Crippen molar-refractivity contribution < 1.29 is 32.3 Å². The number of carbonyl (C=O) groups is 2. The van der Waals surface area contributed by atoms with Crippen LogP contribution in [0.5, 0.6) is 0 Å². The zero-order valence-corrected chi connectivity index (χ0v) is 9.58. The largest absolute Gasteiger partial charge is 0.475 e. The summed E-state index contributed by atoms with van der Waals surface area (Å²) in [5.41, 5.74) is 0. The molecule has 0 saturated carbocycles. The van der Waals surface area contributed by atoms with Gasteiger partial charge in [-0.05, 0) is 12.1 Å². The van der Waals surface area contributed by atoms with Crippen LogP contribution in [0.3, 0.4) is 0 Å². The minimum Gasteiger partial charge on any atom is -0.475 e. The van der Waals surface area contributed by atoms with E-state index in [1.54, 1.807) is 0 Å². The number of furan rings is 1. The van der Waals surface area contributed by atoms with Gasteiger partial charge in [0.2, 0.25) is 5.76 Å². The Labute approximate surface area is 105 Å². The van der Waals surface area contributed by atoms with Crippen LogP contribution in [0.25, 0.3) is 0 Å². The average molecular weight is 280 g/mol. The van der Waals surface area contributed by atoms with Crippen molar-refractivity contribution in [2.75, 3.05) is 6.54 Å². The number of aromatic carboxylic acids is 1. The molecule has 0 unspecified atom stereocenters. The zero-order chi connectivity index (χ0) is 14.5. The molecule has 0 radical (unpaired) electrons. The highest BCUT2D eigenvalue weighted by molar-refractivity contribution is 5.84. The molecular formula is C10H11F3N2O4. The van der Waals surface area contributed by atoms with Crippen LogP contribution in [0.1, 0.15) is 22.7 Å². The molecule has 0 atom stereocenters. The molecule has 106 valence electrons. The normalized spacial score (nSPS) is 11.1. The molecule has 6 nitrogen and oxygen atoms in total. The van der Waals surface area contributed by atoms with E-state index >= 15 is 0 Å². The Morgan fingerprint density at radius 3 is 2.47 bits per heavy atom. The Hall–Kier alpha value is -2.19. The average Bonchev–Trinajstić information content (AvgIpc) is 2.73. The number of rotatable bonds is 5. The van der Waals surface area contributed by atoms with Crippen molar-refractivity contribution in [3.8, 4) is 0 Å². The Kier molecular flexibility index (Phi) is 4.79. The molecule has 19 heavy (non-hydrogen) atoms. The predicted molar refractivity (Wildman–Crippen MR) is 56.6 cm³/mol. The molecule has 0 aliphatic heterocycles. The smallest absolute Gasteiger partial charge is 0.390 e. The second kappa shape index (κ2) is 6.12. The summed E-state index contributed by atoms with van der Waals surface area (Å²) in [6.45, 7) is -0.654. The van der Waals surface area contributed by atoms with E-state index in [1.165, 1.54) is 12.1 Å². The molecule has 0 aliphatic carbocycles. The summed E-state index contributed by atoms with van der Waals surface area (Å²) in [7, 11) is 0. The van der Waals surface area contributed by atoms with Gasteiger partial charge in [0.25, 0.3) is 0 Å². The highest BCUT2D eigenvalue weighted by atomic mass is 19.4. The fourth-order valence-electron chi connectivity index (χ4n) is 1.14. The van der Waals surface area contributed by atoms with E-state index in [0.29, 0.717) is 0 Å². The molecule has 1 aromatic rings. The van der Waals surface area contributed by atoms with Gasteiger partial charge in [-0.3, -0.25) is 0 Å². The molecule has 3 N–H and O–H groups in total. The summed E-state index contributed by atoms with van der Waals surface area (Å²) in [5.74, 6) is -1.35. The molecule has 0 aromatic carbocycles. The Balaban J connectivity index is 2.28. The maximum Gasteiger partial charge on any atom is 0.390 e. The standard InChI is InChI=1S/C10H11F3N2O4/c11-10(12,13)3-4-14-9(18)15-5-6-1-2-7(19-6)8(16)17/h1-2H,3-5H2,(H,16,17)(H2,14,15,18). The first-order valence-corrected chi connectivity index (χ1v) is 5.18. The molecule has 0 spiro atoms. The fraction of sp³-hybridized carbons (Fsp3) is 0.400. The lowest BCUT2D eigenvalue weighted by Crippen LogP contribution is -2.36. The van der Waals surface area contributed by atoms with E-state index < -0.39 is 31.1 Å². The molecule has 0 aliphatic rings. The maximum absolute atomic E-state index is 11.8. The fourth-order valence-corrected chi connectivity index (χ4v) is 1.14. The summed E-state index contributed by atoms with van der Waals surface area (Å²) in [5, 5.41) is 12.8. The molecule has 0 saturated heterocycles. The quantitative estimate of drug-likeness (QED) is 0.766. The summed E-state index contributed by atoms with van der Waals surface area (Å²) >= 11 is 0. The summed E-state index contributed by atoms with van der Waals surface area (Å²) < 4.78 is 40.2. The van der Waals surface area contributed by atoms with Gasteiger partial charge in [0.15, 0.2) is 0 Å². The first-order chi connectivity index (χ1) is 8.78. The van der Waals surface area contributed by atoms with Crippen LogP contribution in [0.2, 0.25) is 0 Å². The van der Waals surface area contributed by atoms with E-state index in [1.807, 2.05) is 5.32 Å². The summed E-state index contributed by atoms with van der Waals surface area (Å²) in [6.07, 6.45) is -5.45. The zero-order valence-electron chi connectivity index (χ0n) is 9.58. The van der Waals surface area contributed by atoms with E-state index in [-0.39, 0.29) is 18.1 Å². The second-order valence-corrected chi connectivity index (χ2v) is 3.55. The number of carboxylic acid groups (broad SMARTS) is 1. The van der Waals surface area contributed by atoms with Gasteiger partial charge in [-0.2, -0.15) is 13.2 Å². The van der Waals surface area contributed by atoms with E-state index in [2.05, 4.69) is 5.32 Å². The van der Waals surface area contributed by atoms with Crippen LogP contribution < -0.4 is 10.6 Å². The molecule has 1 rings (SSSR count).